The van der Waals surface area contributed by atoms with E-state index in [0.717, 1.165) is 5.56 Å². The molecule has 0 atom stereocenters. The van der Waals surface area contributed by atoms with Gasteiger partial charge in [-0.05, 0) is 37.1 Å². The van der Waals surface area contributed by atoms with Crippen molar-refractivity contribution >= 4 is 15.7 Å². The largest absolute Gasteiger partial charge is 0.365 e. The van der Waals surface area contributed by atoms with Gasteiger partial charge in [-0.3, -0.25) is 0 Å². The molecular weight excluding hydrogens is 272 g/mol. The normalized spacial score (nSPS) is 11.3. The van der Waals surface area contributed by atoms with Gasteiger partial charge in [0.25, 0.3) is 0 Å². The summed E-state index contributed by atoms with van der Waals surface area (Å²) in [6, 6.07) is 9.37. The summed E-state index contributed by atoms with van der Waals surface area (Å²) in [4.78, 5) is 4.34. The monoisotopic (exact) mass is 290 g/mol. The van der Waals surface area contributed by atoms with Gasteiger partial charge in [-0.15, -0.1) is 0 Å². The van der Waals surface area contributed by atoms with Crippen molar-refractivity contribution < 1.29 is 8.42 Å². The first-order chi connectivity index (χ1) is 9.38. The molecule has 0 saturated heterocycles. The SMILES string of the molecule is Cc1ccc(CNc2ncccc2S(C)(=O)=O)c(C)c1. The predicted molar refractivity (Wildman–Crippen MR) is 80.6 cm³/mol. The smallest absolute Gasteiger partial charge is 0.179 e. The quantitative estimate of drug-likeness (QED) is 0.940. The number of rotatable bonds is 4. The molecule has 1 N–H and O–H groups in total. The van der Waals surface area contributed by atoms with Crippen molar-refractivity contribution in [2.45, 2.75) is 25.3 Å². The zero-order chi connectivity index (χ0) is 14.8. The van der Waals surface area contributed by atoms with Crippen molar-refractivity contribution in [3.05, 3.63) is 53.2 Å². The van der Waals surface area contributed by atoms with E-state index in [1.54, 1.807) is 18.3 Å². The van der Waals surface area contributed by atoms with Gasteiger partial charge in [0, 0.05) is 19.0 Å². The average molecular weight is 290 g/mol. The number of hydrogen-bond acceptors (Lipinski definition) is 4. The van der Waals surface area contributed by atoms with Gasteiger partial charge in [0.05, 0.1) is 0 Å². The molecule has 1 aromatic carbocycles. The third kappa shape index (κ3) is 3.36. The summed E-state index contributed by atoms with van der Waals surface area (Å²) in [5, 5.41) is 3.11. The molecule has 5 heteroatoms. The maximum absolute atomic E-state index is 11.7. The van der Waals surface area contributed by atoms with Crippen LogP contribution in [0.5, 0.6) is 0 Å². The lowest BCUT2D eigenvalue weighted by atomic mass is 10.1. The molecule has 0 unspecified atom stereocenters. The summed E-state index contributed by atoms with van der Waals surface area (Å²) >= 11 is 0. The lowest BCUT2D eigenvalue weighted by Gasteiger charge is -2.11. The van der Waals surface area contributed by atoms with E-state index < -0.39 is 9.84 Å². The molecule has 2 rings (SSSR count). The van der Waals surface area contributed by atoms with Crippen LogP contribution in [0.15, 0.2) is 41.4 Å². The number of aromatic nitrogens is 1. The standard InChI is InChI=1S/C15H18N2O2S/c1-11-6-7-13(12(2)9-11)10-17-15-14(20(3,18)19)5-4-8-16-15/h4-9H,10H2,1-3H3,(H,16,17). The molecular formula is C15H18N2O2S. The first-order valence-electron chi connectivity index (χ1n) is 6.33. The lowest BCUT2D eigenvalue weighted by Crippen LogP contribution is -2.08. The van der Waals surface area contributed by atoms with E-state index in [9.17, 15) is 8.42 Å². The van der Waals surface area contributed by atoms with Gasteiger partial charge in [0.1, 0.15) is 10.7 Å². The van der Waals surface area contributed by atoms with E-state index in [1.807, 2.05) is 26.0 Å². The Morgan fingerprint density at radius 3 is 2.60 bits per heavy atom. The van der Waals surface area contributed by atoms with Crippen LogP contribution in [0.25, 0.3) is 0 Å². The van der Waals surface area contributed by atoms with Gasteiger partial charge in [-0.25, -0.2) is 13.4 Å². The Morgan fingerprint density at radius 1 is 1.20 bits per heavy atom. The molecule has 106 valence electrons. The number of anilines is 1. The molecule has 0 amide bonds. The molecule has 20 heavy (non-hydrogen) atoms. The van der Waals surface area contributed by atoms with Crippen molar-refractivity contribution in [2.24, 2.45) is 0 Å². The van der Waals surface area contributed by atoms with Crippen molar-refractivity contribution in [1.29, 1.82) is 0 Å². The highest BCUT2D eigenvalue weighted by Gasteiger charge is 2.13. The van der Waals surface area contributed by atoms with Crippen molar-refractivity contribution in [2.75, 3.05) is 11.6 Å². The zero-order valence-corrected chi connectivity index (χ0v) is 12.7. The maximum Gasteiger partial charge on any atom is 0.179 e. The fraction of sp³-hybridized carbons (Fsp3) is 0.267. The van der Waals surface area contributed by atoms with Gasteiger partial charge >= 0.3 is 0 Å². The summed E-state index contributed by atoms with van der Waals surface area (Å²) < 4.78 is 23.4. The summed E-state index contributed by atoms with van der Waals surface area (Å²) in [6.45, 7) is 4.64. The number of nitrogens with one attached hydrogen (secondary N) is 1. The number of sulfone groups is 1. The zero-order valence-electron chi connectivity index (χ0n) is 11.8. The molecule has 1 heterocycles. The minimum absolute atomic E-state index is 0.227. The van der Waals surface area contributed by atoms with Gasteiger partial charge in [0.15, 0.2) is 9.84 Å². The molecule has 0 aliphatic carbocycles. The van der Waals surface area contributed by atoms with Gasteiger partial charge in [-0.1, -0.05) is 23.8 Å². The minimum atomic E-state index is -3.28. The van der Waals surface area contributed by atoms with E-state index in [-0.39, 0.29) is 4.90 Å². The molecule has 0 aliphatic heterocycles. The molecule has 0 fully saturated rings. The Balaban J connectivity index is 2.24. The van der Waals surface area contributed by atoms with Crippen LogP contribution in [-0.2, 0) is 16.4 Å². The highest BCUT2D eigenvalue weighted by molar-refractivity contribution is 7.90. The molecule has 2 aromatic rings. The minimum Gasteiger partial charge on any atom is -0.365 e. The van der Waals surface area contributed by atoms with E-state index in [1.165, 1.54) is 17.4 Å². The maximum atomic E-state index is 11.7. The average Bonchev–Trinajstić information content (AvgIpc) is 2.37. The van der Waals surface area contributed by atoms with Crippen molar-refractivity contribution in [3.8, 4) is 0 Å². The van der Waals surface area contributed by atoms with Crippen LogP contribution >= 0.6 is 0 Å². The first kappa shape index (κ1) is 14.5. The molecule has 1 aromatic heterocycles. The van der Waals surface area contributed by atoms with Gasteiger partial charge in [-0.2, -0.15) is 0 Å². The molecule has 0 radical (unpaired) electrons. The second-order valence-corrected chi connectivity index (χ2v) is 6.89. The van der Waals surface area contributed by atoms with Gasteiger partial charge < -0.3 is 5.32 Å². The molecule has 0 spiro atoms. The van der Waals surface area contributed by atoms with Crippen LogP contribution in [0.2, 0.25) is 0 Å². The van der Waals surface area contributed by atoms with Crippen LogP contribution in [0, 0.1) is 13.8 Å². The summed E-state index contributed by atoms with van der Waals surface area (Å²) in [7, 11) is -3.28. The van der Waals surface area contributed by atoms with Crippen LogP contribution in [0.3, 0.4) is 0 Å². The Morgan fingerprint density at radius 2 is 1.95 bits per heavy atom. The fourth-order valence-corrected chi connectivity index (χ4v) is 2.85. The van der Waals surface area contributed by atoms with E-state index >= 15 is 0 Å². The fourth-order valence-electron chi connectivity index (χ4n) is 2.05. The van der Waals surface area contributed by atoms with Crippen molar-refractivity contribution in [1.82, 2.24) is 4.98 Å². The number of pyridine rings is 1. The summed E-state index contributed by atoms with van der Waals surface area (Å²) in [5.41, 5.74) is 3.51. The second-order valence-electron chi connectivity index (χ2n) is 4.91. The van der Waals surface area contributed by atoms with Crippen LogP contribution in [0.4, 0.5) is 5.82 Å². The summed E-state index contributed by atoms with van der Waals surface area (Å²) in [5.74, 6) is 0.398. The van der Waals surface area contributed by atoms with Crippen molar-refractivity contribution in [3.63, 3.8) is 0 Å². The van der Waals surface area contributed by atoms with Crippen LogP contribution in [-0.4, -0.2) is 19.7 Å². The van der Waals surface area contributed by atoms with E-state index in [0.29, 0.717) is 12.4 Å². The number of benzene rings is 1. The number of nitrogens with zero attached hydrogens (tertiary/aromatic N) is 1. The second kappa shape index (κ2) is 5.63. The molecule has 0 aliphatic rings. The number of aryl methyl sites for hydroxylation is 2. The highest BCUT2D eigenvalue weighted by Crippen LogP contribution is 2.19. The Hall–Kier alpha value is -1.88. The van der Waals surface area contributed by atoms with E-state index in [2.05, 4.69) is 16.4 Å². The first-order valence-corrected chi connectivity index (χ1v) is 8.22. The number of hydrogen-bond donors (Lipinski definition) is 1. The molecule has 4 nitrogen and oxygen atoms in total. The lowest BCUT2D eigenvalue weighted by molar-refractivity contribution is 0.601. The molecule has 0 saturated carbocycles. The Bertz CT molecular complexity index is 724. The van der Waals surface area contributed by atoms with Crippen LogP contribution < -0.4 is 5.32 Å². The Kier molecular flexibility index (Phi) is 4.09. The highest BCUT2D eigenvalue weighted by atomic mass is 32.2. The summed E-state index contributed by atoms with van der Waals surface area (Å²) in [6.07, 6.45) is 2.77. The Labute approximate surface area is 119 Å². The van der Waals surface area contributed by atoms with Crippen LogP contribution in [0.1, 0.15) is 16.7 Å². The van der Waals surface area contributed by atoms with Gasteiger partial charge in [0.2, 0.25) is 0 Å². The topological polar surface area (TPSA) is 59.1 Å². The predicted octanol–water partition coefficient (Wildman–Crippen LogP) is 2.71. The molecule has 0 bridgehead atoms. The third-order valence-corrected chi connectivity index (χ3v) is 4.24. The van der Waals surface area contributed by atoms with E-state index in [4.69, 9.17) is 0 Å². The third-order valence-electron chi connectivity index (χ3n) is 3.11.